The maximum Gasteiger partial charge on any atom is 0.164 e. The second kappa shape index (κ2) is 5.60. The van der Waals surface area contributed by atoms with Crippen LogP contribution in [0.15, 0.2) is 12.4 Å². The Labute approximate surface area is 86.0 Å². The van der Waals surface area contributed by atoms with Crippen molar-refractivity contribution in [3.63, 3.8) is 0 Å². The fourth-order valence-corrected chi connectivity index (χ4v) is 1.42. The number of nitrogens with zero attached hydrogens (tertiary/aromatic N) is 1. The second-order valence-corrected chi connectivity index (χ2v) is 3.34. The van der Waals surface area contributed by atoms with E-state index in [1.807, 2.05) is 0 Å². The molecule has 2 unspecified atom stereocenters. The van der Waals surface area contributed by atoms with Gasteiger partial charge in [0.2, 0.25) is 0 Å². The molecule has 1 aliphatic heterocycles. The SMILES string of the molecule is CCCC[NH+]1C=CN(C)C1C.[Br-]. The van der Waals surface area contributed by atoms with Crippen LogP contribution in [0.25, 0.3) is 0 Å². The summed E-state index contributed by atoms with van der Waals surface area (Å²) in [6, 6.07) is 0. The van der Waals surface area contributed by atoms with E-state index in [0.29, 0.717) is 6.17 Å². The van der Waals surface area contributed by atoms with E-state index in [0.717, 1.165) is 0 Å². The van der Waals surface area contributed by atoms with Crippen LogP contribution in [0.3, 0.4) is 0 Å². The Morgan fingerprint density at radius 2 is 2.17 bits per heavy atom. The topological polar surface area (TPSA) is 7.68 Å². The molecule has 0 spiro atoms. The van der Waals surface area contributed by atoms with Gasteiger partial charge in [-0.25, -0.2) is 0 Å². The third-order valence-corrected chi connectivity index (χ3v) is 2.49. The van der Waals surface area contributed by atoms with Gasteiger partial charge in [-0.3, -0.25) is 4.90 Å². The van der Waals surface area contributed by atoms with E-state index in [4.69, 9.17) is 0 Å². The van der Waals surface area contributed by atoms with Crippen molar-refractivity contribution in [3.05, 3.63) is 12.4 Å². The Kier molecular flexibility index (Phi) is 5.59. The van der Waals surface area contributed by atoms with Gasteiger partial charge in [-0.05, 0) is 6.42 Å². The molecule has 0 saturated heterocycles. The highest BCUT2D eigenvalue weighted by Crippen LogP contribution is 1.94. The van der Waals surface area contributed by atoms with Crippen LogP contribution in [0.5, 0.6) is 0 Å². The number of rotatable bonds is 3. The van der Waals surface area contributed by atoms with Crippen LogP contribution in [0.2, 0.25) is 0 Å². The Morgan fingerprint density at radius 1 is 1.50 bits per heavy atom. The summed E-state index contributed by atoms with van der Waals surface area (Å²) in [6.45, 7) is 5.79. The van der Waals surface area contributed by atoms with Gasteiger partial charge in [0.15, 0.2) is 6.17 Å². The van der Waals surface area contributed by atoms with Crippen molar-refractivity contribution in [2.75, 3.05) is 13.6 Å². The van der Waals surface area contributed by atoms with E-state index >= 15 is 0 Å². The molecule has 0 aliphatic carbocycles. The van der Waals surface area contributed by atoms with Crippen LogP contribution in [0.1, 0.15) is 26.7 Å². The molecule has 0 aromatic rings. The first-order chi connectivity index (χ1) is 5.25. The molecule has 12 heavy (non-hydrogen) atoms. The number of hydrogen-bond acceptors (Lipinski definition) is 1. The molecule has 0 fully saturated rings. The summed E-state index contributed by atoms with van der Waals surface area (Å²) in [6.07, 6.45) is 7.71. The number of quaternary nitrogens is 1. The van der Waals surface area contributed by atoms with Crippen molar-refractivity contribution in [2.45, 2.75) is 32.9 Å². The lowest BCUT2D eigenvalue weighted by Crippen LogP contribution is -3.10. The summed E-state index contributed by atoms with van der Waals surface area (Å²) < 4.78 is 0. The molecule has 1 heterocycles. The van der Waals surface area contributed by atoms with Crippen LogP contribution < -0.4 is 21.9 Å². The molecule has 2 nitrogen and oxygen atoms in total. The fraction of sp³-hybridized carbons (Fsp3) is 0.778. The third-order valence-electron chi connectivity index (χ3n) is 2.49. The Balaban J connectivity index is 0.00000121. The molecule has 1 N–H and O–H groups in total. The van der Waals surface area contributed by atoms with Crippen LogP contribution >= 0.6 is 0 Å². The van der Waals surface area contributed by atoms with E-state index in [9.17, 15) is 0 Å². The molecule has 0 bridgehead atoms. The molecule has 0 aromatic carbocycles. The first kappa shape index (κ1) is 12.0. The molecule has 1 rings (SSSR count). The number of hydrogen-bond donors (Lipinski definition) is 1. The summed E-state index contributed by atoms with van der Waals surface area (Å²) in [5, 5.41) is 0. The Bertz CT molecular complexity index is 147. The van der Waals surface area contributed by atoms with Crippen LogP contribution in [-0.4, -0.2) is 24.7 Å². The van der Waals surface area contributed by atoms with Crippen molar-refractivity contribution in [2.24, 2.45) is 0 Å². The molecule has 0 saturated carbocycles. The van der Waals surface area contributed by atoms with E-state index in [2.05, 4.69) is 38.2 Å². The first-order valence-corrected chi connectivity index (χ1v) is 4.51. The van der Waals surface area contributed by atoms with Gasteiger partial charge in [0.1, 0.15) is 6.20 Å². The van der Waals surface area contributed by atoms with E-state index in [-0.39, 0.29) is 17.0 Å². The second-order valence-electron chi connectivity index (χ2n) is 3.34. The molecule has 1 aliphatic rings. The molecule has 2 atom stereocenters. The van der Waals surface area contributed by atoms with Gasteiger partial charge in [0, 0.05) is 14.0 Å². The fourth-order valence-electron chi connectivity index (χ4n) is 1.42. The zero-order valence-electron chi connectivity index (χ0n) is 8.18. The van der Waals surface area contributed by atoms with Crippen molar-refractivity contribution in [1.82, 2.24) is 4.90 Å². The average molecular weight is 235 g/mol. The maximum atomic E-state index is 2.27. The monoisotopic (exact) mass is 234 g/mol. The predicted molar refractivity (Wildman–Crippen MR) is 47.1 cm³/mol. The summed E-state index contributed by atoms with van der Waals surface area (Å²) in [4.78, 5) is 3.86. The lowest BCUT2D eigenvalue weighted by Gasteiger charge is -2.21. The largest absolute Gasteiger partial charge is 1.00 e. The molecular weight excluding hydrogens is 216 g/mol. The minimum absolute atomic E-state index is 0. The van der Waals surface area contributed by atoms with Crippen LogP contribution in [0, 0.1) is 0 Å². The minimum atomic E-state index is 0. The van der Waals surface area contributed by atoms with Crippen LogP contribution in [0.4, 0.5) is 0 Å². The highest BCUT2D eigenvalue weighted by molar-refractivity contribution is 4.78. The van der Waals surface area contributed by atoms with Crippen molar-refractivity contribution >= 4 is 0 Å². The molecular formula is C9H19BrN2. The normalized spacial score (nSPS) is 27.4. The van der Waals surface area contributed by atoms with Crippen LogP contribution in [-0.2, 0) is 0 Å². The van der Waals surface area contributed by atoms with E-state index in [1.54, 1.807) is 4.90 Å². The van der Waals surface area contributed by atoms with E-state index in [1.165, 1.54) is 19.4 Å². The predicted octanol–water partition coefficient (Wildman–Crippen LogP) is -2.56. The van der Waals surface area contributed by atoms with Crippen molar-refractivity contribution < 1.29 is 21.9 Å². The Hall–Kier alpha value is -0.0200. The summed E-state index contributed by atoms with van der Waals surface area (Å²) in [5.41, 5.74) is 0. The van der Waals surface area contributed by atoms with E-state index < -0.39 is 0 Å². The lowest BCUT2D eigenvalue weighted by molar-refractivity contribution is -0.875. The zero-order valence-corrected chi connectivity index (χ0v) is 9.76. The molecule has 0 aromatic heterocycles. The quantitative estimate of drug-likeness (QED) is 0.565. The highest BCUT2D eigenvalue weighted by atomic mass is 79.9. The van der Waals surface area contributed by atoms with Gasteiger partial charge < -0.3 is 21.9 Å². The third kappa shape index (κ3) is 2.79. The molecule has 0 radical (unpaired) electrons. The molecule has 3 heteroatoms. The van der Waals surface area contributed by atoms with Gasteiger partial charge in [0.05, 0.1) is 12.7 Å². The zero-order chi connectivity index (χ0) is 8.27. The summed E-state index contributed by atoms with van der Waals surface area (Å²) in [7, 11) is 2.14. The molecule has 72 valence electrons. The lowest BCUT2D eigenvalue weighted by atomic mass is 10.3. The number of halogens is 1. The highest BCUT2D eigenvalue weighted by Gasteiger charge is 2.22. The first-order valence-electron chi connectivity index (χ1n) is 4.51. The minimum Gasteiger partial charge on any atom is -1.00 e. The summed E-state index contributed by atoms with van der Waals surface area (Å²) >= 11 is 0. The number of unbranched alkanes of at least 4 members (excludes halogenated alkanes) is 1. The summed E-state index contributed by atoms with van der Waals surface area (Å²) in [5.74, 6) is 0. The van der Waals surface area contributed by atoms with Gasteiger partial charge >= 0.3 is 0 Å². The van der Waals surface area contributed by atoms with Gasteiger partial charge in [-0.2, -0.15) is 0 Å². The van der Waals surface area contributed by atoms with Gasteiger partial charge in [-0.1, -0.05) is 13.3 Å². The maximum absolute atomic E-state index is 2.27. The van der Waals surface area contributed by atoms with Gasteiger partial charge in [-0.15, -0.1) is 0 Å². The smallest absolute Gasteiger partial charge is 0.164 e. The average Bonchev–Trinajstić information content (AvgIpc) is 2.31. The molecule has 0 amide bonds. The Morgan fingerprint density at radius 3 is 2.58 bits per heavy atom. The number of nitrogens with one attached hydrogen (secondary N) is 1. The van der Waals surface area contributed by atoms with Gasteiger partial charge in [0.25, 0.3) is 0 Å². The van der Waals surface area contributed by atoms with Crippen molar-refractivity contribution in [3.8, 4) is 0 Å². The standard InChI is InChI=1S/C9H18N2.BrH/c1-4-5-6-11-8-7-10(3)9(11)2;/h7-9H,4-6H2,1-3H3;1H. The van der Waals surface area contributed by atoms with Crippen molar-refractivity contribution in [1.29, 1.82) is 0 Å².